The van der Waals surface area contributed by atoms with Crippen LogP contribution in [0.3, 0.4) is 0 Å². The summed E-state index contributed by atoms with van der Waals surface area (Å²) in [4.78, 5) is 0. The van der Waals surface area contributed by atoms with Gasteiger partial charge < -0.3 is 5.48 Å². The molecule has 0 saturated carbocycles. The van der Waals surface area contributed by atoms with Crippen LogP contribution in [0.2, 0.25) is 0 Å². The molecule has 0 fully saturated rings. The van der Waals surface area contributed by atoms with Crippen LogP contribution in [0.1, 0.15) is 0 Å². The standard InChI is InChI=1S/3H2O.2O.P.W/h3*1H2;;;;/q;;;;;;+2/p-2. The smallest absolute Gasteiger partial charge is 0 e. The molecule has 3 radical (unpaired) electrons. The number of rotatable bonds is 0. The zero-order valence-electron chi connectivity index (χ0n) is 3.07. The summed E-state index contributed by atoms with van der Waals surface area (Å²) in [5, 5.41) is 0. The van der Waals surface area contributed by atoms with Gasteiger partial charge in [0.25, 0.3) is 0 Å². The van der Waals surface area contributed by atoms with Crippen LogP contribution in [0.15, 0.2) is 0 Å². The van der Waals surface area contributed by atoms with Gasteiger partial charge in [0.05, 0.1) is 0 Å². The summed E-state index contributed by atoms with van der Waals surface area (Å²) >= 11 is -5.67. The molecule has 5 nitrogen and oxygen atoms in total. The summed E-state index contributed by atoms with van der Waals surface area (Å²) in [6.45, 7) is 0. The van der Waals surface area contributed by atoms with E-state index >= 15 is 0 Å². The van der Waals surface area contributed by atoms with Gasteiger partial charge in [-0.05, 0) is 0 Å². The van der Waals surface area contributed by atoms with Crippen LogP contribution in [-0.2, 0) is 23.5 Å². The van der Waals surface area contributed by atoms with E-state index in [2.05, 4.69) is 0 Å². The van der Waals surface area contributed by atoms with Gasteiger partial charge in [-0.3, -0.25) is 0 Å². The largest absolute Gasteiger partial charge is 0 e. The fourth-order valence-electron chi connectivity index (χ4n) is 0. The molecule has 0 atom stereocenters. The molecule has 0 amide bonds. The molecule has 0 aromatic rings. The van der Waals surface area contributed by atoms with Crippen molar-refractivity contribution in [3.63, 3.8) is 0 Å². The van der Waals surface area contributed by atoms with Crippen molar-refractivity contribution in [1.29, 1.82) is 0 Å². The first-order chi connectivity index (χ1) is 2.00. The molecule has 0 saturated heterocycles. The first-order valence-corrected chi connectivity index (χ1v) is 5.72. The van der Waals surface area contributed by atoms with E-state index in [-0.39, 0.29) is 15.4 Å². The molecule has 7 heteroatoms. The fraction of sp³-hybridized carbons (Fsp3) is 0. The third kappa shape index (κ3) is 390. The van der Waals surface area contributed by atoms with E-state index in [1.165, 1.54) is 0 Å². The molecule has 7 heavy (non-hydrogen) atoms. The first kappa shape index (κ1) is 15.6. The molecule has 45 valence electrons. The van der Waals surface area contributed by atoms with Crippen molar-refractivity contribution in [2.45, 2.75) is 0 Å². The minimum atomic E-state index is -5.67. The summed E-state index contributed by atoms with van der Waals surface area (Å²) in [5.41, 5.74) is 0. The quantitative estimate of drug-likeness (QED) is 0.541. The molecule has 0 aromatic heterocycles. The van der Waals surface area contributed by atoms with Crippen LogP contribution in [0.25, 0.3) is 0 Å². The molecule has 4 N–H and O–H groups in total. The Bertz CT molecular complexity index is 91.2. The Hall–Kier alpha value is 0.598. The minimum absolute atomic E-state index is 0. The topological polar surface area (TPSA) is 106 Å². The van der Waals surface area contributed by atoms with E-state index < -0.39 is 16.7 Å². The van der Waals surface area contributed by atoms with Crippen molar-refractivity contribution < 1.29 is 36.5 Å². The van der Waals surface area contributed by atoms with Gasteiger partial charge >= 0.3 is 31.1 Å². The van der Waals surface area contributed by atoms with E-state index in [4.69, 9.17) is 14.3 Å². The van der Waals surface area contributed by atoms with E-state index in [1.54, 1.807) is 0 Å². The third-order valence-corrected chi connectivity index (χ3v) is 0. The fourth-order valence-corrected chi connectivity index (χ4v) is 0. The van der Waals surface area contributed by atoms with Gasteiger partial charge in [-0.15, -0.1) is 0 Å². The summed E-state index contributed by atoms with van der Waals surface area (Å²) in [7, 11) is 0. The second kappa shape index (κ2) is 4.75. The van der Waals surface area contributed by atoms with Crippen molar-refractivity contribution in [3.8, 4) is 0 Å². The van der Waals surface area contributed by atoms with Crippen LogP contribution < -0.4 is 0 Å². The minimum Gasteiger partial charge on any atom is 0 e. The maximum atomic E-state index is 8.87. The summed E-state index contributed by atoms with van der Waals surface area (Å²) in [6.07, 6.45) is 0. The third-order valence-electron chi connectivity index (χ3n) is 0. The Labute approximate surface area is 47.0 Å². The van der Waals surface area contributed by atoms with Gasteiger partial charge in [0.15, 0.2) is 0 Å². The molecule has 0 aromatic carbocycles. The molecule has 0 spiro atoms. The monoisotopic (exact) mass is 299 g/mol. The maximum absolute atomic E-state index is 8.87. The van der Waals surface area contributed by atoms with E-state index in [1.807, 2.05) is 0 Å². The first-order valence-electron chi connectivity index (χ1n) is 0.698. The Morgan fingerprint density at radius 1 is 1.14 bits per heavy atom. The van der Waals surface area contributed by atoms with Gasteiger partial charge in [0.2, 0.25) is 0 Å². The predicted octanol–water partition coefficient (Wildman–Crippen LogP) is -1.32. The van der Waals surface area contributed by atoms with Gasteiger partial charge in [0, 0.05) is 9.90 Å². The normalized spacial score (nSPS) is 8.29. The summed E-state index contributed by atoms with van der Waals surface area (Å²) < 4.78 is 32.1. The zero-order chi connectivity index (χ0) is 4.50. The van der Waals surface area contributed by atoms with E-state index in [0.29, 0.717) is 0 Å². The van der Waals surface area contributed by atoms with Gasteiger partial charge in [-0.1, -0.05) is 0 Å². The van der Waals surface area contributed by atoms with Crippen molar-refractivity contribution in [2.75, 3.05) is 0 Å². The van der Waals surface area contributed by atoms with Crippen LogP contribution in [0, 0.1) is 0 Å². The van der Waals surface area contributed by atoms with Crippen LogP contribution >= 0.6 is 9.90 Å². The Balaban J connectivity index is -0.0000000800. The Kier molecular flexibility index (Phi) is 10.6. The predicted molar refractivity (Wildman–Crippen MR) is 16.3 cm³/mol. The SMILES string of the molecule is O.[O]=[W](=[O])([OH])[OH].[P]. The van der Waals surface area contributed by atoms with Crippen molar-refractivity contribution in [3.05, 3.63) is 0 Å². The molecule has 0 aliphatic heterocycles. The van der Waals surface area contributed by atoms with Gasteiger partial charge in [-0.2, -0.15) is 0 Å². The van der Waals surface area contributed by atoms with Gasteiger partial charge in [0.1, 0.15) is 0 Å². The maximum Gasteiger partial charge on any atom is 0 e. The van der Waals surface area contributed by atoms with Gasteiger partial charge in [-0.25, -0.2) is 0 Å². The average molecular weight is 299 g/mol. The summed E-state index contributed by atoms with van der Waals surface area (Å²) in [5.74, 6) is 0. The zero-order valence-corrected chi connectivity index (χ0v) is 6.89. The molecule has 0 unspecified atom stereocenters. The van der Waals surface area contributed by atoms with E-state index in [0.717, 1.165) is 0 Å². The van der Waals surface area contributed by atoms with E-state index in [9.17, 15) is 0 Å². The number of hydrogen-bond donors (Lipinski definition) is 2. The molecule has 0 rings (SSSR count). The molecular weight excluding hydrogens is 295 g/mol. The molecule has 0 heterocycles. The second-order valence-corrected chi connectivity index (χ2v) is 3.67. The molecule has 0 bridgehead atoms. The molecular formula is H4O5PW. The van der Waals surface area contributed by atoms with Crippen molar-refractivity contribution in [1.82, 2.24) is 0 Å². The van der Waals surface area contributed by atoms with Crippen LogP contribution in [0.4, 0.5) is 0 Å². The Morgan fingerprint density at radius 3 is 1.14 bits per heavy atom. The molecule has 0 aliphatic carbocycles. The second-order valence-electron chi connectivity index (χ2n) is 0.448. The number of hydrogen-bond acceptors (Lipinski definition) is 2. The van der Waals surface area contributed by atoms with Crippen LogP contribution in [-0.4, -0.2) is 13.0 Å². The van der Waals surface area contributed by atoms with Crippen molar-refractivity contribution >= 4 is 9.90 Å². The van der Waals surface area contributed by atoms with Crippen LogP contribution in [0.5, 0.6) is 0 Å². The van der Waals surface area contributed by atoms with Crippen molar-refractivity contribution in [2.24, 2.45) is 0 Å². The summed E-state index contributed by atoms with van der Waals surface area (Å²) in [6, 6.07) is 0. The molecule has 0 aliphatic rings. The Morgan fingerprint density at radius 2 is 1.14 bits per heavy atom. The average Bonchev–Trinajstić information content (AvgIpc) is 0.722.